The lowest BCUT2D eigenvalue weighted by Gasteiger charge is -2.24. The molecular formula is C18H35N5O5. The summed E-state index contributed by atoms with van der Waals surface area (Å²) in [5.41, 5.74) is 11.2. The van der Waals surface area contributed by atoms with Gasteiger partial charge in [0.05, 0.1) is 6.04 Å². The maximum absolute atomic E-state index is 12.4. The fourth-order valence-electron chi connectivity index (χ4n) is 2.40. The molecule has 4 atom stereocenters. The van der Waals surface area contributed by atoms with Gasteiger partial charge < -0.3 is 32.5 Å². The van der Waals surface area contributed by atoms with Crippen molar-refractivity contribution in [1.82, 2.24) is 16.0 Å². The Morgan fingerprint density at radius 2 is 1.43 bits per heavy atom. The highest BCUT2D eigenvalue weighted by Crippen LogP contribution is 2.06. The van der Waals surface area contributed by atoms with E-state index in [9.17, 15) is 19.2 Å². The third-order valence-corrected chi connectivity index (χ3v) is 4.13. The van der Waals surface area contributed by atoms with Crippen molar-refractivity contribution in [2.24, 2.45) is 17.4 Å². The Labute approximate surface area is 166 Å². The largest absolute Gasteiger partial charge is 0.480 e. The van der Waals surface area contributed by atoms with Gasteiger partial charge in [0.1, 0.15) is 18.1 Å². The molecule has 0 heterocycles. The summed E-state index contributed by atoms with van der Waals surface area (Å²) >= 11 is 0. The van der Waals surface area contributed by atoms with Crippen molar-refractivity contribution in [3.63, 3.8) is 0 Å². The van der Waals surface area contributed by atoms with E-state index >= 15 is 0 Å². The van der Waals surface area contributed by atoms with E-state index in [0.717, 1.165) is 6.42 Å². The summed E-state index contributed by atoms with van der Waals surface area (Å²) in [6.45, 7) is 7.09. The molecule has 8 N–H and O–H groups in total. The molecule has 0 bridgehead atoms. The molecule has 162 valence electrons. The minimum Gasteiger partial charge on any atom is -0.480 e. The first-order chi connectivity index (χ1) is 13.0. The van der Waals surface area contributed by atoms with Gasteiger partial charge in [-0.1, -0.05) is 20.3 Å². The molecule has 0 saturated heterocycles. The molecule has 0 saturated carbocycles. The molecule has 0 aromatic heterocycles. The van der Waals surface area contributed by atoms with Gasteiger partial charge in [-0.2, -0.15) is 0 Å². The quantitative estimate of drug-likeness (QED) is 0.216. The first kappa shape index (κ1) is 25.8. The Morgan fingerprint density at radius 1 is 0.857 bits per heavy atom. The van der Waals surface area contributed by atoms with E-state index in [-0.39, 0.29) is 5.92 Å². The molecule has 0 rings (SSSR count). The third kappa shape index (κ3) is 10.2. The minimum absolute atomic E-state index is 0.0806. The highest BCUT2D eigenvalue weighted by atomic mass is 16.4. The van der Waals surface area contributed by atoms with E-state index in [4.69, 9.17) is 16.6 Å². The van der Waals surface area contributed by atoms with Crippen LogP contribution in [0.25, 0.3) is 0 Å². The van der Waals surface area contributed by atoms with Crippen LogP contribution in [0.3, 0.4) is 0 Å². The van der Waals surface area contributed by atoms with E-state index < -0.39 is 47.9 Å². The fourth-order valence-corrected chi connectivity index (χ4v) is 2.40. The normalized spacial score (nSPS) is 15.2. The van der Waals surface area contributed by atoms with Crippen molar-refractivity contribution in [2.45, 2.75) is 77.5 Å². The molecule has 0 fully saturated rings. The van der Waals surface area contributed by atoms with Crippen molar-refractivity contribution in [3.8, 4) is 0 Å². The first-order valence-electron chi connectivity index (χ1n) is 9.59. The average Bonchev–Trinajstić information content (AvgIpc) is 2.60. The van der Waals surface area contributed by atoms with Gasteiger partial charge in [-0.05, 0) is 45.6 Å². The van der Waals surface area contributed by atoms with Crippen LogP contribution in [0.5, 0.6) is 0 Å². The summed E-state index contributed by atoms with van der Waals surface area (Å²) in [7, 11) is 0. The zero-order valence-electron chi connectivity index (χ0n) is 17.2. The van der Waals surface area contributed by atoms with Crippen LogP contribution in [0.4, 0.5) is 0 Å². The van der Waals surface area contributed by atoms with Crippen molar-refractivity contribution in [3.05, 3.63) is 0 Å². The minimum atomic E-state index is -1.17. The number of nitrogens with one attached hydrogen (secondary N) is 3. The predicted octanol–water partition coefficient (Wildman–Crippen LogP) is -0.932. The fraction of sp³-hybridized carbons (Fsp3) is 0.778. The van der Waals surface area contributed by atoms with Gasteiger partial charge in [-0.25, -0.2) is 0 Å². The predicted molar refractivity (Wildman–Crippen MR) is 105 cm³/mol. The van der Waals surface area contributed by atoms with E-state index in [1.54, 1.807) is 0 Å². The number of unbranched alkanes of at least 4 members (excludes halogenated alkanes) is 1. The summed E-state index contributed by atoms with van der Waals surface area (Å²) < 4.78 is 0. The lowest BCUT2D eigenvalue weighted by atomic mass is 10.0. The van der Waals surface area contributed by atoms with Crippen LogP contribution in [0.1, 0.15) is 53.4 Å². The molecular weight excluding hydrogens is 366 g/mol. The average molecular weight is 402 g/mol. The van der Waals surface area contributed by atoms with Crippen LogP contribution >= 0.6 is 0 Å². The number of carboxylic acids is 1. The van der Waals surface area contributed by atoms with Crippen molar-refractivity contribution in [2.75, 3.05) is 6.54 Å². The summed E-state index contributed by atoms with van der Waals surface area (Å²) in [5, 5.41) is 16.4. The smallest absolute Gasteiger partial charge is 0.325 e. The van der Waals surface area contributed by atoms with Crippen LogP contribution < -0.4 is 27.4 Å². The number of carboxylic acid groups (broad SMARTS) is 1. The Balaban J connectivity index is 4.80. The van der Waals surface area contributed by atoms with Gasteiger partial charge in [-0.3, -0.25) is 19.2 Å². The number of carbonyl (C=O) groups is 4. The Hall–Kier alpha value is -2.20. The zero-order valence-corrected chi connectivity index (χ0v) is 17.2. The Bertz CT molecular complexity index is 540. The van der Waals surface area contributed by atoms with Crippen LogP contribution in [-0.2, 0) is 19.2 Å². The molecule has 10 heteroatoms. The molecule has 0 aliphatic rings. The van der Waals surface area contributed by atoms with Crippen molar-refractivity contribution in [1.29, 1.82) is 0 Å². The van der Waals surface area contributed by atoms with E-state index in [0.29, 0.717) is 25.8 Å². The molecule has 10 nitrogen and oxygen atoms in total. The third-order valence-electron chi connectivity index (χ3n) is 4.13. The molecule has 0 spiro atoms. The topological polar surface area (TPSA) is 177 Å². The molecule has 0 aromatic carbocycles. The standard InChI is InChI=1S/C18H35N5O5/c1-10(2)9-14(17(26)22-12(4)18(27)28)23-15(24)11(3)21-16(25)13(20)7-5-6-8-19/h10-14H,5-9,19-20H2,1-4H3,(H,21,25)(H,22,26)(H,23,24)(H,27,28)/t11-,12-,13-,14-/m0/s1. The summed E-state index contributed by atoms with van der Waals surface area (Å²) in [5.74, 6) is -2.69. The maximum atomic E-state index is 12.4. The monoisotopic (exact) mass is 401 g/mol. The van der Waals surface area contributed by atoms with Gasteiger partial charge in [-0.15, -0.1) is 0 Å². The Morgan fingerprint density at radius 3 is 1.93 bits per heavy atom. The van der Waals surface area contributed by atoms with Gasteiger partial charge >= 0.3 is 5.97 Å². The molecule has 0 aliphatic carbocycles. The second-order valence-corrected chi connectivity index (χ2v) is 7.38. The van der Waals surface area contributed by atoms with Gasteiger partial charge in [0, 0.05) is 0 Å². The van der Waals surface area contributed by atoms with Gasteiger partial charge in [0.2, 0.25) is 17.7 Å². The highest BCUT2D eigenvalue weighted by Gasteiger charge is 2.27. The van der Waals surface area contributed by atoms with Crippen molar-refractivity contribution < 1.29 is 24.3 Å². The zero-order chi connectivity index (χ0) is 21.9. The maximum Gasteiger partial charge on any atom is 0.325 e. The second-order valence-electron chi connectivity index (χ2n) is 7.38. The van der Waals surface area contributed by atoms with Crippen LogP contribution in [-0.4, -0.2) is 59.5 Å². The number of carbonyl (C=O) groups excluding carboxylic acids is 3. The summed E-state index contributed by atoms with van der Waals surface area (Å²) in [4.78, 5) is 47.7. The second kappa shape index (κ2) is 13.1. The van der Waals surface area contributed by atoms with E-state index in [1.165, 1.54) is 13.8 Å². The van der Waals surface area contributed by atoms with Crippen LogP contribution in [0, 0.1) is 5.92 Å². The SMILES string of the molecule is CC(C)C[C@H](NC(=O)[C@H](C)NC(=O)[C@@H](N)CCCCN)C(=O)N[C@@H](C)C(=O)O. The van der Waals surface area contributed by atoms with Crippen molar-refractivity contribution >= 4 is 23.7 Å². The number of hydrogen-bond acceptors (Lipinski definition) is 6. The lowest BCUT2D eigenvalue weighted by molar-refractivity contribution is -0.141. The molecule has 28 heavy (non-hydrogen) atoms. The molecule has 0 unspecified atom stereocenters. The van der Waals surface area contributed by atoms with E-state index in [1.807, 2.05) is 13.8 Å². The lowest BCUT2D eigenvalue weighted by Crippen LogP contribution is -2.56. The van der Waals surface area contributed by atoms with Gasteiger partial charge in [0.25, 0.3) is 0 Å². The Kier molecular flexibility index (Phi) is 12.0. The number of aliphatic carboxylic acids is 1. The van der Waals surface area contributed by atoms with Gasteiger partial charge in [0.15, 0.2) is 0 Å². The van der Waals surface area contributed by atoms with Crippen LogP contribution in [0.2, 0.25) is 0 Å². The van der Waals surface area contributed by atoms with Crippen LogP contribution in [0.15, 0.2) is 0 Å². The molecule has 0 aliphatic heterocycles. The highest BCUT2D eigenvalue weighted by molar-refractivity contribution is 5.93. The van der Waals surface area contributed by atoms with E-state index in [2.05, 4.69) is 16.0 Å². The molecule has 0 radical (unpaired) electrons. The number of rotatable bonds is 13. The first-order valence-corrected chi connectivity index (χ1v) is 9.59. The number of amides is 3. The number of hydrogen-bond donors (Lipinski definition) is 6. The summed E-state index contributed by atoms with van der Waals surface area (Å²) in [6.07, 6.45) is 2.26. The number of nitrogens with two attached hydrogens (primary N) is 2. The molecule has 0 aromatic rings. The molecule has 3 amide bonds. The summed E-state index contributed by atoms with van der Waals surface area (Å²) in [6, 6.07) is -3.63.